The zero-order valence-electron chi connectivity index (χ0n) is 14.3. The SMILES string of the molecule is COc1cc(NC(C)=O)c(Cl)cc1C(=O)OCC(=O)c1ccc(Cl)c(Cl)c1. The first-order chi connectivity index (χ1) is 12.7. The Morgan fingerprint density at radius 1 is 1.00 bits per heavy atom. The Morgan fingerprint density at radius 3 is 2.30 bits per heavy atom. The van der Waals surface area contributed by atoms with Gasteiger partial charge in [0, 0.05) is 18.6 Å². The summed E-state index contributed by atoms with van der Waals surface area (Å²) in [6, 6.07) is 7.02. The lowest BCUT2D eigenvalue weighted by molar-refractivity contribution is -0.114. The molecule has 1 N–H and O–H groups in total. The largest absolute Gasteiger partial charge is 0.496 e. The molecule has 6 nitrogen and oxygen atoms in total. The molecule has 142 valence electrons. The minimum Gasteiger partial charge on any atom is -0.496 e. The van der Waals surface area contributed by atoms with E-state index in [0.717, 1.165) is 0 Å². The molecule has 0 heterocycles. The van der Waals surface area contributed by atoms with E-state index in [-0.39, 0.29) is 38.5 Å². The number of methoxy groups -OCH3 is 1. The van der Waals surface area contributed by atoms with Gasteiger partial charge in [-0.25, -0.2) is 4.79 Å². The van der Waals surface area contributed by atoms with Crippen LogP contribution in [-0.4, -0.2) is 31.4 Å². The number of nitrogens with one attached hydrogen (secondary N) is 1. The van der Waals surface area contributed by atoms with Gasteiger partial charge in [-0.1, -0.05) is 34.8 Å². The first-order valence-corrected chi connectivity index (χ1v) is 8.66. The van der Waals surface area contributed by atoms with Crippen LogP contribution in [0.25, 0.3) is 0 Å². The van der Waals surface area contributed by atoms with Crippen LogP contribution in [0.3, 0.4) is 0 Å². The third-order valence-electron chi connectivity index (χ3n) is 3.40. The summed E-state index contributed by atoms with van der Waals surface area (Å²) in [5.74, 6) is -1.46. The first-order valence-electron chi connectivity index (χ1n) is 7.53. The van der Waals surface area contributed by atoms with E-state index < -0.39 is 18.4 Å². The molecule has 0 aliphatic heterocycles. The highest BCUT2D eigenvalue weighted by Crippen LogP contribution is 2.31. The fraction of sp³-hybridized carbons (Fsp3) is 0.167. The van der Waals surface area contributed by atoms with Gasteiger partial charge >= 0.3 is 5.97 Å². The van der Waals surface area contributed by atoms with Crippen LogP contribution in [0, 0.1) is 0 Å². The molecular formula is C18H14Cl3NO5. The van der Waals surface area contributed by atoms with Crippen molar-refractivity contribution in [3.05, 3.63) is 56.5 Å². The number of carbonyl (C=O) groups excluding carboxylic acids is 3. The number of amides is 1. The summed E-state index contributed by atoms with van der Waals surface area (Å²) in [5, 5.41) is 3.16. The number of carbonyl (C=O) groups is 3. The van der Waals surface area contributed by atoms with Crippen LogP contribution in [0.15, 0.2) is 30.3 Å². The maximum absolute atomic E-state index is 12.3. The number of esters is 1. The van der Waals surface area contributed by atoms with E-state index in [1.807, 2.05) is 0 Å². The molecule has 0 bridgehead atoms. The van der Waals surface area contributed by atoms with Gasteiger partial charge in [-0.2, -0.15) is 0 Å². The highest BCUT2D eigenvalue weighted by Gasteiger charge is 2.19. The van der Waals surface area contributed by atoms with E-state index in [9.17, 15) is 14.4 Å². The van der Waals surface area contributed by atoms with E-state index in [1.165, 1.54) is 44.4 Å². The van der Waals surface area contributed by atoms with Crippen molar-refractivity contribution in [2.45, 2.75) is 6.92 Å². The van der Waals surface area contributed by atoms with E-state index in [4.69, 9.17) is 44.3 Å². The number of Topliss-reactive ketones (excluding diaryl/α,β-unsaturated/α-hetero) is 1. The molecular weight excluding hydrogens is 417 g/mol. The smallest absolute Gasteiger partial charge is 0.342 e. The lowest BCUT2D eigenvalue weighted by Gasteiger charge is -2.12. The Balaban J connectivity index is 2.15. The van der Waals surface area contributed by atoms with Gasteiger partial charge in [-0.15, -0.1) is 0 Å². The number of rotatable bonds is 6. The maximum Gasteiger partial charge on any atom is 0.342 e. The minimum absolute atomic E-state index is 0.0125. The summed E-state index contributed by atoms with van der Waals surface area (Å²) in [4.78, 5) is 35.7. The van der Waals surface area contributed by atoms with Crippen molar-refractivity contribution in [1.29, 1.82) is 0 Å². The molecule has 1 amide bonds. The summed E-state index contributed by atoms with van der Waals surface area (Å²) in [5.41, 5.74) is 0.547. The monoisotopic (exact) mass is 429 g/mol. The Labute approximate surface area is 170 Å². The van der Waals surface area contributed by atoms with Crippen molar-refractivity contribution >= 4 is 58.1 Å². The Kier molecular flexibility index (Phi) is 7.07. The highest BCUT2D eigenvalue weighted by atomic mass is 35.5. The summed E-state index contributed by atoms with van der Waals surface area (Å²) in [6.45, 7) is 0.810. The molecule has 0 aromatic heterocycles. The number of halogens is 3. The number of hydrogen-bond donors (Lipinski definition) is 1. The van der Waals surface area contributed by atoms with Gasteiger partial charge < -0.3 is 14.8 Å². The molecule has 0 fully saturated rings. The molecule has 0 saturated heterocycles. The third kappa shape index (κ3) is 5.35. The highest BCUT2D eigenvalue weighted by molar-refractivity contribution is 6.42. The fourth-order valence-electron chi connectivity index (χ4n) is 2.13. The lowest BCUT2D eigenvalue weighted by Crippen LogP contribution is -2.15. The molecule has 0 spiro atoms. The van der Waals surface area contributed by atoms with E-state index in [2.05, 4.69) is 5.32 Å². The summed E-state index contributed by atoms with van der Waals surface area (Å²) in [6.07, 6.45) is 0. The minimum atomic E-state index is -0.809. The molecule has 27 heavy (non-hydrogen) atoms. The molecule has 0 aliphatic rings. The Bertz CT molecular complexity index is 914. The van der Waals surface area contributed by atoms with Crippen LogP contribution in [-0.2, 0) is 9.53 Å². The van der Waals surface area contributed by atoms with Crippen LogP contribution < -0.4 is 10.1 Å². The predicted molar refractivity (Wildman–Crippen MR) is 103 cm³/mol. The van der Waals surface area contributed by atoms with E-state index >= 15 is 0 Å². The van der Waals surface area contributed by atoms with Crippen molar-refractivity contribution in [2.24, 2.45) is 0 Å². The summed E-state index contributed by atoms with van der Waals surface area (Å²) < 4.78 is 10.2. The van der Waals surface area contributed by atoms with Crippen molar-refractivity contribution in [3.8, 4) is 5.75 Å². The molecule has 0 radical (unpaired) electrons. The number of anilines is 1. The molecule has 2 aromatic rings. The van der Waals surface area contributed by atoms with Crippen LogP contribution in [0.1, 0.15) is 27.6 Å². The molecule has 0 saturated carbocycles. The van der Waals surface area contributed by atoms with Crippen molar-refractivity contribution in [1.82, 2.24) is 0 Å². The molecule has 2 rings (SSSR count). The quantitative estimate of drug-likeness (QED) is 0.533. The molecule has 9 heteroatoms. The van der Waals surface area contributed by atoms with Crippen LogP contribution in [0.4, 0.5) is 5.69 Å². The first kappa shape index (κ1) is 21.0. The summed E-state index contributed by atoms with van der Waals surface area (Å²) >= 11 is 17.7. The molecule has 0 unspecified atom stereocenters. The topological polar surface area (TPSA) is 81.7 Å². The predicted octanol–water partition coefficient (Wildman–Crippen LogP) is 4.65. The van der Waals surface area contributed by atoms with Crippen molar-refractivity contribution in [2.75, 3.05) is 19.0 Å². The fourth-order valence-corrected chi connectivity index (χ4v) is 2.64. The van der Waals surface area contributed by atoms with Gasteiger partial charge in [0.05, 0.1) is 27.9 Å². The second kappa shape index (κ2) is 9.08. The van der Waals surface area contributed by atoms with Gasteiger partial charge in [0.15, 0.2) is 12.4 Å². The van der Waals surface area contributed by atoms with Crippen molar-refractivity contribution < 1.29 is 23.9 Å². The average molecular weight is 431 g/mol. The van der Waals surface area contributed by atoms with Gasteiger partial charge in [0.1, 0.15) is 11.3 Å². The maximum atomic E-state index is 12.3. The lowest BCUT2D eigenvalue weighted by atomic mass is 10.1. The second-order valence-electron chi connectivity index (χ2n) is 5.34. The zero-order chi connectivity index (χ0) is 20.1. The van der Waals surface area contributed by atoms with Gasteiger partial charge in [-0.05, 0) is 24.3 Å². The van der Waals surface area contributed by atoms with Crippen LogP contribution >= 0.6 is 34.8 Å². The number of ether oxygens (including phenoxy) is 2. The Morgan fingerprint density at radius 2 is 1.70 bits per heavy atom. The normalized spacial score (nSPS) is 10.3. The second-order valence-corrected chi connectivity index (χ2v) is 6.56. The number of ketones is 1. The van der Waals surface area contributed by atoms with Gasteiger partial charge in [0.2, 0.25) is 5.91 Å². The van der Waals surface area contributed by atoms with E-state index in [0.29, 0.717) is 5.02 Å². The van der Waals surface area contributed by atoms with Gasteiger partial charge in [0.25, 0.3) is 0 Å². The molecule has 0 atom stereocenters. The Hall–Kier alpha value is -2.28. The standard InChI is InChI=1S/C18H14Cl3NO5/c1-9(23)22-15-7-17(26-2)11(6-14(15)21)18(25)27-8-16(24)10-3-4-12(19)13(20)5-10/h3-7H,8H2,1-2H3,(H,22,23). The number of hydrogen-bond acceptors (Lipinski definition) is 5. The summed E-state index contributed by atoms with van der Waals surface area (Å²) in [7, 11) is 1.35. The molecule has 2 aromatic carbocycles. The van der Waals surface area contributed by atoms with Crippen LogP contribution in [0.2, 0.25) is 15.1 Å². The van der Waals surface area contributed by atoms with Gasteiger partial charge in [-0.3, -0.25) is 9.59 Å². The zero-order valence-corrected chi connectivity index (χ0v) is 16.5. The number of benzene rings is 2. The molecule has 0 aliphatic carbocycles. The van der Waals surface area contributed by atoms with Crippen molar-refractivity contribution in [3.63, 3.8) is 0 Å². The van der Waals surface area contributed by atoms with E-state index in [1.54, 1.807) is 0 Å². The van der Waals surface area contributed by atoms with Crippen LogP contribution in [0.5, 0.6) is 5.75 Å². The average Bonchev–Trinajstić information content (AvgIpc) is 2.62. The third-order valence-corrected chi connectivity index (χ3v) is 4.45.